The van der Waals surface area contributed by atoms with Crippen LogP contribution >= 0.6 is 11.6 Å². The molecule has 2 fully saturated rings. The summed E-state index contributed by atoms with van der Waals surface area (Å²) in [5, 5.41) is 0.826. The van der Waals surface area contributed by atoms with Gasteiger partial charge < -0.3 is 10.5 Å². The summed E-state index contributed by atoms with van der Waals surface area (Å²) in [7, 11) is 0. The monoisotopic (exact) mass is 305 g/mol. The molecule has 1 aromatic carbocycles. The van der Waals surface area contributed by atoms with Gasteiger partial charge in [0.1, 0.15) is 5.75 Å². The van der Waals surface area contributed by atoms with Crippen molar-refractivity contribution in [1.29, 1.82) is 0 Å². The largest absolute Gasteiger partial charge is 0.493 e. The molecule has 2 nitrogen and oxygen atoms in total. The predicted octanol–water partition coefficient (Wildman–Crippen LogP) is 4.12. The van der Waals surface area contributed by atoms with E-state index in [1.165, 1.54) is 43.2 Å². The fourth-order valence-electron chi connectivity index (χ4n) is 4.43. The third-order valence-electron chi connectivity index (χ3n) is 5.57. The predicted molar refractivity (Wildman–Crippen MR) is 86.0 cm³/mol. The molecule has 0 bridgehead atoms. The van der Waals surface area contributed by atoms with E-state index in [9.17, 15) is 0 Å². The Morgan fingerprint density at radius 2 is 2.10 bits per heavy atom. The molecule has 2 unspecified atom stereocenters. The first kappa shape index (κ1) is 13.9. The fourth-order valence-corrected chi connectivity index (χ4v) is 4.69. The van der Waals surface area contributed by atoms with Crippen molar-refractivity contribution < 1.29 is 4.74 Å². The van der Waals surface area contributed by atoms with Crippen LogP contribution in [-0.4, -0.2) is 12.1 Å². The van der Waals surface area contributed by atoms with Gasteiger partial charge in [-0.3, -0.25) is 0 Å². The minimum absolute atomic E-state index is 0.0596. The number of hydrogen-bond acceptors (Lipinski definition) is 2. The SMILES string of the molecule is NC1(Cc2cc(Cl)cc3c2OCC3)CCCC(C2CC2)C1. The van der Waals surface area contributed by atoms with Crippen molar-refractivity contribution in [2.45, 2.75) is 56.9 Å². The van der Waals surface area contributed by atoms with E-state index in [1.54, 1.807) is 0 Å². The van der Waals surface area contributed by atoms with E-state index >= 15 is 0 Å². The molecule has 2 atom stereocenters. The summed E-state index contributed by atoms with van der Waals surface area (Å²) in [6.45, 7) is 0.783. The second kappa shape index (κ2) is 5.17. The maximum Gasteiger partial charge on any atom is 0.125 e. The van der Waals surface area contributed by atoms with Crippen molar-refractivity contribution >= 4 is 11.6 Å². The molecule has 0 saturated heterocycles. The second-order valence-electron chi connectivity index (χ2n) is 7.38. The Morgan fingerprint density at radius 3 is 2.90 bits per heavy atom. The molecule has 1 aromatic rings. The minimum atomic E-state index is -0.0596. The lowest BCUT2D eigenvalue weighted by atomic mass is 9.71. The number of rotatable bonds is 3. The Labute approximate surface area is 132 Å². The van der Waals surface area contributed by atoms with Crippen LogP contribution in [0, 0.1) is 11.8 Å². The molecule has 0 spiro atoms. The van der Waals surface area contributed by atoms with Crippen molar-refractivity contribution in [2.24, 2.45) is 17.6 Å². The molecule has 4 rings (SSSR count). The average Bonchev–Trinajstić information content (AvgIpc) is 3.17. The summed E-state index contributed by atoms with van der Waals surface area (Å²) >= 11 is 6.28. The molecule has 1 aliphatic heterocycles. The van der Waals surface area contributed by atoms with Gasteiger partial charge in [0.05, 0.1) is 6.61 Å². The van der Waals surface area contributed by atoms with Gasteiger partial charge in [-0.2, -0.15) is 0 Å². The van der Waals surface area contributed by atoms with Gasteiger partial charge in [0, 0.05) is 17.0 Å². The molecule has 3 aliphatic rings. The normalized spacial score (nSPS) is 31.8. The Hall–Kier alpha value is -0.730. The molecule has 114 valence electrons. The van der Waals surface area contributed by atoms with Crippen LogP contribution in [-0.2, 0) is 12.8 Å². The zero-order valence-electron chi connectivity index (χ0n) is 12.5. The molecular weight excluding hydrogens is 282 g/mol. The van der Waals surface area contributed by atoms with Gasteiger partial charge in [0.15, 0.2) is 0 Å². The van der Waals surface area contributed by atoms with Crippen LogP contribution in [0.2, 0.25) is 5.02 Å². The molecule has 0 radical (unpaired) electrons. The molecule has 0 amide bonds. The van der Waals surface area contributed by atoms with Crippen molar-refractivity contribution in [1.82, 2.24) is 0 Å². The van der Waals surface area contributed by atoms with Crippen molar-refractivity contribution in [2.75, 3.05) is 6.61 Å². The van der Waals surface area contributed by atoms with E-state index in [4.69, 9.17) is 22.1 Å². The standard InChI is InChI=1S/C18H24ClNO/c19-16-8-13-5-7-21-17(13)15(9-16)11-18(20)6-1-2-14(10-18)12-3-4-12/h8-9,12,14H,1-7,10-11,20H2. The van der Waals surface area contributed by atoms with E-state index in [-0.39, 0.29) is 5.54 Å². The topological polar surface area (TPSA) is 35.2 Å². The van der Waals surface area contributed by atoms with Crippen LogP contribution in [0.4, 0.5) is 0 Å². The summed E-state index contributed by atoms with van der Waals surface area (Å²) in [6.07, 6.45) is 9.72. The van der Waals surface area contributed by atoms with Crippen molar-refractivity contribution in [3.05, 3.63) is 28.3 Å². The van der Waals surface area contributed by atoms with E-state index in [1.807, 2.05) is 6.07 Å². The van der Waals surface area contributed by atoms with Crippen molar-refractivity contribution in [3.8, 4) is 5.75 Å². The van der Waals surface area contributed by atoms with Crippen LogP contribution in [0.15, 0.2) is 12.1 Å². The zero-order valence-corrected chi connectivity index (χ0v) is 13.3. The second-order valence-corrected chi connectivity index (χ2v) is 7.82. The van der Waals surface area contributed by atoms with Gasteiger partial charge in [-0.15, -0.1) is 0 Å². The highest BCUT2D eigenvalue weighted by atomic mass is 35.5. The summed E-state index contributed by atoms with van der Waals surface area (Å²) in [4.78, 5) is 0. The van der Waals surface area contributed by atoms with Gasteiger partial charge in [0.25, 0.3) is 0 Å². The third-order valence-corrected chi connectivity index (χ3v) is 5.79. The van der Waals surface area contributed by atoms with Gasteiger partial charge >= 0.3 is 0 Å². The fraction of sp³-hybridized carbons (Fsp3) is 0.667. The van der Waals surface area contributed by atoms with E-state index in [0.717, 1.165) is 48.5 Å². The summed E-state index contributed by atoms with van der Waals surface area (Å²) in [6, 6.07) is 4.12. The number of halogens is 1. The van der Waals surface area contributed by atoms with Crippen LogP contribution in [0.1, 0.15) is 49.7 Å². The van der Waals surface area contributed by atoms with E-state index < -0.39 is 0 Å². The minimum Gasteiger partial charge on any atom is -0.493 e. The van der Waals surface area contributed by atoms with Gasteiger partial charge in [-0.05, 0) is 67.2 Å². The number of hydrogen-bond donors (Lipinski definition) is 1. The molecule has 21 heavy (non-hydrogen) atoms. The van der Waals surface area contributed by atoms with Crippen molar-refractivity contribution in [3.63, 3.8) is 0 Å². The Kier molecular flexibility index (Phi) is 3.42. The molecule has 2 aliphatic carbocycles. The molecule has 3 heteroatoms. The number of nitrogens with two attached hydrogens (primary N) is 1. The summed E-state index contributed by atoms with van der Waals surface area (Å²) < 4.78 is 5.84. The molecule has 0 aromatic heterocycles. The first-order valence-electron chi connectivity index (χ1n) is 8.36. The number of benzene rings is 1. The maximum atomic E-state index is 6.79. The Bertz CT molecular complexity index is 554. The first-order chi connectivity index (χ1) is 10.1. The van der Waals surface area contributed by atoms with Crippen LogP contribution in [0.25, 0.3) is 0 Å². The quantitative estimate of drug-likeness (QED) is 0.912. The smallest absolute Gasteiger partial charge is 0.125 e. The lowest BCUT2D eigenvalue weighted by Gasteiger charge is -2.38. The van der Waals surface area contributed by atoms with E-state index in [2.05, 4.69) is 6.07 Å². The van der Waals surface area contributed by atoms with E-state index in [0.29, 0.717) is 0 Å². The highest BCUT2D eigenvalue weighted by molar-refractivity contribution is 6.30. The van der Waals surface area contributed by atoms with Crippen LogP contribution in [0.5, 0.6) is 5.75 Å². The molecular formula is C18H24ClNO. The number of ether oxygens (including phenoxy) is 1. The van der Waals surface area contributed by atoms with Crippen LogP contribution < -0.4 is 10.5 Å². The first-order valence-corrected chi connectivity index (χ1v) is 8.74. The maximum absolute atomic E-state index is 6.79. The number of fused-ring (bicyclic) bond motifs is 1. The zero-order chi connectivity index (χ0) is 14.4. The van der Waals surface area contributed by atoms with Gasteiger partial charge in [0.2, 0.25) is 0 Å². The Balaban J connectivity index is 1.57. The molecule has 2 saturated carbocycles. The molecule has 1 heterocycles. The van der Waals surface area contributed by atoms with Gasteiger partial charge in [-0.1, -0.05) is 24.4 Å². The van der Waals surface area contributed by atoms with Gasteiger partial charge in [-0.25, -0.2) is 0 Å². The Morgan fingerprint density at radius 1 is 1.24 bits per heavy atom. The lowest BCUT2D eigenvalue weighted by Crippen LogP contribution is -2.46. The molecule has 2 N–H and O–H groups in total. The lowest BCUT2D eigenvalue weighted by molar-refractivity contribution is 0.203. The third kappa shape index (κ3) is 2.80. The summed E-state index contributed by atoms with van der Waals surface area (Å²) in [5.41, 5.74) is 9.22. The highest BCUT2D eigenvalue weighted by Gasteiger charge is 2.40. The highest BCUT2D eigenvalue weighted by Crippen LogP contribution is 2.47. The average molecular weight is 306 g/mol. The van der Waals surface area contributed by atoms with Crippen LogP contribution in [0.3, 0.4) is 0 Å². The summed E-state index contributed by atoms with van der Waals surface area (Å²) in [5.74, 6) is 2.89.